The van der Waals surface area contributed by atoms with E-state index >= 15 is 0 Å². The molecule has 0 atom stereocenters. The fourth-order valence-electron chi connectivity index (χ4n) is 0.463. The van der Waals surface area contributed by atoms with E-state index in [0.29, 0.717) is 0 Å². The Morgan fingerprint density at radius 2 is 1.62 bits per heavy atom. The smallest absolute Gasteiger partial charge is 0.211 e. The second-order valence-corrected chi connectivity index (χ2v) is 3.16. The van der Waals surface area contributed by atoms with E-state index in [9.17, 15) is 8.78 Å². The maximum Gasteiger partial charge on any atom is 0.239 e. The molecule has 0 saturated heterocycles. The maximum absolute atomic E-state index is 11.5. The lowest BCUT2D eigenvalue weighted by Gasteiger charge is -2.16. The lowest BCUT2D eigenvalue weighted by Crippen LogP contribution is -2.09. The topological polar surface area (TPSA) is 0 Å². The van der Waals surface area contributed by atoms with Crippen molar-refractivity contribution in [2.24, 2.45) is 5.41 Å². The number of rotatable bonds is 1. The average molecular weight is 122 g/mol. The SMILES string of the molecule is CC(C)(C)CC(F)F. The van der Waals surface area contributed by atoms with E-state index in [1.54, 1.807) is 20.8 Å². The van der Waals surface area contributed by atoms with E-state index in [2.05, 4.69) is 0 Å². The molecule has 0 unspecified atom stereocenters. The molecule has 0 bridgehead atoms. The summed E-state index contributed by atoms with van der Waals surface area (Å²) in [5.74, 6) is 0. The normalized spacial score (nSPS) is 12.8. The van der Waals surface area contributed by atoms with Crippen LogP contribution in [0.5, 0.6) is 0 Å². The molecule has 50 valence electrons. The molecule has 0 fully saturated rings. The molecule has 0 nitrogen and oxygen atoms in total. The second-order valence-electron chi connectivity index (χ2n) is 3.16. The molecule has 0 radical (unpaired) electrons. The third-order valence-electron chi connectivity index (χ3n) is 0.767. The van der Waals surface area contributed by atoms with E-state index in [-0.39, 0.29) is 11.8 Å². The van der Waals surface area contributed by atoms with Gasteiger partial charge in [-0.3, -0.25) is 0 Å². The van der Waals surface area contributed by atoms with Gasteiger partial charge in [0, 0.05) is 6.42 Å². The van der Waals surface area contributed by atoms with Crippen molar-refractivity contribution in [3.63, 3.8) is 0 Å². The van der Waals surface area contributed by atoms with Crippen LogP contribution in [0.15, 0.2) is 0 Å². The van der Waals surface area contributed by atoms with Crippen molar-refractivity contribution in [2.45, 2.75) is 33.6 Å². The summed E-state index contributed by atoms with van der Waals surface area (Å²) < 4.78 is 23.1. The molecule has 0 N–H and O–H groups in total. The minimum absolute atomic E-state index is 0.00694. The minimum atomic E-state index is -2.16. The van der Waals surface area contributed by atoms with E-state index in [1.807, 2.05) is 0 Å². The summed E-state index contributed by atoms with van der Waals surface area (Å²) in [4.78, 5) is 0. The first-order valence-corrected chi connectivity index (χ1v) is 2.70. The molecule has 0 spiro atoms. The molecule has 8 heavy (non-hydrogen) atoms. The Bertz CT molecular complexity index is 61.4. The highest BCUT2D eigenvalue weighted by molar-refractivity contribution is 4.61. The molecular weight excluding hydrogens is 110 g/mol. The summed E-state index contributed by atoms with van der Waals surface area (Å²) in [5.41, 5.74) is -0.228. The first-order chi connectivity index (χ1) is 3.42. The lowest BCUT2D eigenvalue weighted by molar-refractivity contribution is 0.0945. The van der Waals surface area contributed by atoms with Crippen LogP contribution in [-0.4, -0.2) is 6.43 Å². The third-order valence-corrected chi connectivity index (χ3v) is 0.767. The Balaban J connectivity index is 3.39. The fourth-order valence-corrected chi connectivity index (χ4v) is 0.463. The Morgan fingerprint density at radius 3 is 1.62 bits per heavy atom. The zero-order valence-electron chi connectivity index (χ0n) is 5.54. The molecule has 0 aliphatic carbocycles. The van der Waals surface area contributed by atoms with Gasteiger partial charge in [-0.1, -0.05) is 20.8 Å². The summed E-state index contributed by atoms with van der Waals surface area (Å²) in [6.07, 6.45) is -2.16. The van der Waals surface area contributed by atoms with Crippen molar-refractivity contribution in [3.8, 4) is 0 Å². The van der Waals surface area contributed by atoms with Crippen LogP contribution in [0, 0.1) is 5.41 Å². The average Bonchev–Trinajstić information content (AvgIpc) is 1.21. The predicted octanol–water partition coefficient (Wildman–Crippen LogP) is 2.69. The summed E-state index contributed by atoms with van der Waals surface area (Å²) >= 11 is 0. The van der Waals surface area contributed by atoms with Crippen LogP contribution in [-0.2, 0) is 0 Å². The van der Waals surface area contributed by atoms with E-state index in [1.165, 1.54) is 0 Å². The van der Waals surface area contributed by atoms with Crippen molar-refractivity contribution in [1.82, 2.24) is 0 Å². The van der Waals surface area contributed by atoms with Crippen LogP contribution in [0.4, 0.5) is 8.78 Å². The molecule has 0 aromatic heterocycles. The zero-order chi connectivity index (χ0) is 6.78. The Hall–Kier alpha value is -0.140. The van der Waals surface area contributed by atoms with Gasteiger partial charge in [-0.15, -0.1) is 0 Å². The Kier molecular flexibility index (Phi) is 2.38. The number of hydrogen-bond acceptors (Lipinski definition) is 0. The molecule has 0 saturated carbocycles. The van der Waals surface area contributed by atoms with Crippen LogP contribution >= 0.6 is 0 Å². The van der Waals surface area contributed by atoms with Gasteiger partial charge in [0.2, 0.25) is 6.43 Å². The van der Waals surface area contributed by atoms with Gasteiger partial charge in [0.05, 0.1) is 0 Å². The monoisotopic (exact) mass is 122 g/mol. The van der Waals surface area contributed by atoms with Gasteiger partial charge in [-0.2, -0.15) is 0 Å². The van der Waals surface area contributed by atoms with E-state index in [0.717, 1.165) is 0 Å². The van der Waals surface area contributed by atoms with Crippen molar-refractivity contribution in [1.29, 1.82) is 0 Å². The van der Waals surface area contributed by atoms with Gasteiger partial charge in [-0.05, 0) is 5.41 Å². The van der Waals surface area contributed by atoms with E-state index < -0.39 is 6.43 Å². The zero-order valence-corrected chi connectivity index (χ0v) is 5.54. The highest BCUT2D eigenvalue weighted by Gasteiger charge is 2.16. The van der Waals surface area contributed by atoms with E-state index in [4.69, 9.17) is 0 Å². The second kappa shape index (κ2) is 2.42. The van der Waals surface area contributed by atoms with Gasteiger partial charge in [0.15, 0.2) is 0 Å². The minimum Gasteiger partial charge on any atom is -0.211 e. The first-order valence-electron chi connectivity index (χ1n) is 2.70. The van der Waals surface area contributed by atoms with Crippen molar-refractivity contribution < 1.29 is 8.78 Å². The predicted molar refractivity (Wildman–Crippen MR) is 30.1 cm³/mol. The van der Waals surface area contributed by atoms with Gasteiger partial charge >= 0.3 is 0 Å². The van der Waals surface area contributed by atoms with Crippen molar-refractivity contribution in [2.75, 3.05) is 0 Å². The van der Waals surface area contributed by atoms with Crippen LogP contribution in [0.2, 0.25) is 0 Å². The Morgan fingerprint density at radius 1 is 1.25 bits per heavy atom. The highest BCUT2D eigenvalue weighted by atomic mass is 19.3. The molecule has 0 rings (SSSR count). The van der Waals surface area contributed by atoms with Crippen LogP contribution in [0.3, 0.4) is 0 Å². The van der Waals surface area contributed by atoms with Gasteiger partial charge in [-0.25, -0.2) is 8.78 Å². The molecule has 0 heterocycles. The standard InChI is InChI=1S/C6H12F2/c1-6(2,3)4-5(7)8/h5H,4H2,1-3H3. The van der Waals surface area contributed by atoms with Crippen molar-refractivity contribution >= 4 is 0 Å². The highest BCUT2D eigenvalue weighted by Crippen LogP contribution is 2.22. The number of alkyl halides is 2. The molecular formula is C6H12F2. The van der Waals surface area contributed by atoms with Gasteiger partial charge < -0.3 is 0 Å². The molecule has 0 aliphatic rings. The number of halogens is 2. The lowest BCUT2D eigenvalue weighted by atomic mass is 9.93. The summed E-state index contributed by atoms with van der Waals surface area (Å²) in [6, 6.07) is 0. The molecule has 0 aromatic carbocycles. The van der Waals surface area contributed by atoms with Crippen LogP contribution in [0.25, 0.3) is 0 Å². The molecule has 2 heteroatoms. The third kappa shape index (κ3) is 5.86. The number of hydrogen-bond donors (Lipinski definition) is 0. The van der Waals surface area contributed by atoms with Gasteiger partial charge in [0.25, 0.3) is 0 Å². The van der Waals surface area contributed by atoms with Crippen LogP contribution in [0.1, 0.15) is 27.2 Å². The first kappa shape index (κ1) is 7.86. The van der Waals surface area contributed by atoms with Crippen LogP contribution < -0.4 is 0 Å². The summed E-state index contributed by atoms with van der Waals surface area (Å²) in [5, 5.41) is 0. The molecule has 0 amide bonds. The summed E-state index contributed by atoms with van der Waals surface area (Å²) in [7, 11) is 0. The summed E-state index contributed by atoms with van der Waals surface area (Å²) in [6.45, 7) is 5.41. The quantitative estimate of drug-likeness (QED) is 0.501. The maximum atomic E-state index is 11.5. The Labute approximate surface area is 48.9 Å². The molecule has 0 aromatic rings. The van der Waals surface area contributed by atoms with Crippen molar-refractivity contribution in [3.05, 3.63) is 0 Å². The molecule has 0 aliphatic heterocycles. The largest absolute Gasteiger partial charge is 0.239 e. The van der Waals surface area contributed by atoms with Gasteiger partial charge in [0.1, 0.15) is 0 Å². The fraction of sp³-hybridized carbons (Fsp3) is 1.00.